The Bertz CT molecular complexity index is 420. The molecule has 0 saturated heterocycles. The number of hydrogen-bond acceptors (Lipinski definition) is 3. The molecular weight excluding hydrogens is 250 g/mol. The maximum atomic E-state index is 12.2. The molecule has 0 heterocycles. The lowest BCUT2D eigenvalue weighted by molar-refractivity contribution is -0.122. The number of para-hydroxylation sites is 2. The summed E-state index contributed by atoms with van der Waals surface area (Å²) in [5.41, 5.74) is 7.69. The van der Waals surface area contributed by atoms with Crippen LogP contribution in [-0.4, -0.2) is 25.0 Å². The highest BCUT2D eigenvalue weighted by Gasteiger charge is 2.21. The molecule has 112 valence electrons. The van der Waals surface area contributed by atoms with E-state index in [1.807, 2.05) is 31.2 Å². The third-order valence-electron chi connectivity index (χ3n) is 3.39. The number of nitrogens with one attached hydrogen (secondary N) is 1. The first-order chi connectivity index (χ1) is 9.61. The molecule has 0 saturated carbocycles. The Labute approximate surface area is 122 Å². The van der Waals surface area contributed by atoms with Gasteiger partial charge in [0.2, 0.25) is 5.91 Å². The number of unbranched alkanes of at least 4 members (excludes halogenated alkanes) is 1. The van der Waals surface area contributed by atoms with Gasteiger partial charge >= 0.3 is 0 Å². The van der Waals surface area contributed by atoms with Crippen molar-refractivity contribution in [3.8, 4) is 0 Å². The van der Waals surface area contributed by atoms with Crippen LogP contribution < -0.4 is 16.0 Å². The molecule has 4 nitrogen and oxygen atoms in total. The largest absolute Gasteiger partial charge is 0.397 e. The summed E-state index contributed by atoms with van der Waals surface area (Å²) in [6, 6.07) is 7.50. The van der Waals surface area contributed by atoms with Gasteiger partial charge in [-0.15, -0.1) is 0 Å². The summed E-state index contributed by atoms with van der Waals surface area (Å²) in [6.45, 7) is 7.71. The van der Waals surface area contributed by atoms with Crippen LogP contribution in [0.3, 0.4) is 0 Å². The number of carbonyl (C=O) groups is 1. The quantitative estimate of drug-likeness (QED) is 0.567. The fourth-order valence-electron chi connectivity index (χ4n) is 2.19. The average Bonchev–Trinajstić information content (AvgIpc) is 2.45. The molecule has 1 amide bonds. The van der Waals surface area contributed by atoms with Crippen molar-refractivity contribution in [1.29, 1.82) is 0 Å². The summed E-state index contributed by atoms with van der Waals surface area (Å²) in [4.78, 5) is 14.3. The van der Waals surface area contributed by atoms with Crippen molar-refractivity contribution >= 4 is 17.3 Å². The predicted octanol–water partition coefficient (Wildman–Crippen LogP) is 2.79. The van der Waals surface area contributed by atoms with Crippen LogP contribution in [0.5, 0.6) is 0 Å². The van der Waals surface area contributed by atoms with Gasteiger partial charge in [0, 0.05) is 13.1 Å². The summed E-state index contributed by atoms with van der Waals surface area (Å²) >= 11 is 0. The Morgan fingerprint density at radius 1 is 1.30 bits per heavy atom. The minimum Gasteiger partial charge on any atom is -0.397 e. The zero-order valence-corrected chi connectivity index (χ0v) is 12.9. The second-order valence-electron chi connectivity index (χ2n) is 5.07. The Morgan fingerprint density at radius 2 is 2.00 bits per heavy atom. The topological polar surface area (TPSA) is 58.4 Å². The van der Waals surface area contributed by atoms with Crippen molar-refractivity contribution in [2.45, 2.75) is 46.1 Å². The van der Waals surface area contributed by atoms with E-state index in [2.05, 4.69) is 24.1 Å². The summed E-state index contributed by atoms with van der Waals surface area (Å²) in [7, 11) is 0. The number of hydrogen-bond donors (Lipinski definition) is 2. The Morgan fingerprint density at radius 3 is 2.60 bits per heavy atom. The molecule has 3 N–H and O–H groups in total. The summed E-state index contributed by atoms with van der Waals surface area (Å²) < 4.78 is 0. The van der Waals surface area contributed by atoms with Crippen LogP contribution in [-0.2, 0) is 4.79 Å². The third kappa shape index (κ3) is 4.44. The zero-order valence-electron chi connectivity index (χ0n) is 12.9. The van der Waals surface area contributed by atoms with Gasteiger partial charge in [-0.25, -0.2) is 0 Å². The molecular formula is C16H27N3O. The summed E-state index contributed by atoms with van der Waals surface area (Å²) in [6.07, 6.45) is 3.07. The van der Waals surface area contributed by atoms with Crippen LogP contribution in [0.4, 0.5) is 11.4 Å². The van der Waals surface area contributed by atoms with E-state index in [-0.39, 0.29) is 11.9 Å². The van der Waals surface area contributed by atoms with Crippen LogP contribution in [0.15, 0.2) is 24.3 Å². The minimum atomic E-state index is -0.212. The van der Waals surface area contributed by atoms with Gasteiger partial charge in [-0.1, -0.05) is 32.4 Å². The fourth-order valence-corrected chi connectivity index (χ4v) is 2.19. The minimum absolute atomic E-state index is 0.0650. The molecule has 0 fully saturated rings. The van der Waals surface area contributed by atoms with E-state index in [9.17, 15) is 4.79 Å². The number of benzene rings is 1. The van der Waals surface area contributed by atoms with E-state index < -0.39 is 0 Å². The molecule has 1 unspecified atom stereocenters. The van der Waals surface area contributed by atoms with Gasteiger partial charge in [0.15, 0.2) is 0 Å². The SMILES string of the molecule is CCCCNC(=O)C(C)N(CCC)c1ccccc1N. The highest BCUT2D eigenvalue weighted by Crippen LogP contribution is 2.24. The van der Waals surface area contributed by atoms with Gasteiger partial charge in [0.25, 0.3) is 0 Å². The maximum Gasteiger partial charge on any atom is 0.242 e. The normalized spacial score (nSPS) is 11.9. The number of nitrogens with two attached hydrogens (primary N) is 1. The molecule has 1 aromatic rings. The molecule has 20 heavy (non-hydrogen) atoms. The Balaban J connectivity index is 2.80. The molecule has 0 radical (unpaired) electrons. The zero-order chi connectivity index (χ0) is 15.0. The molecule has 1 rings (SSSR count). The summed E-state index contributed by atoms with van der Waals surface area (Å²) in [5, 5.41) is 2.99. The van der Waals surface area contributed by atoms with Gasteiger partial charge in [0.1, 0.15) is 6.04 Å². The van der Waals surface area contributed by atoms with Gasteiger partial charge < -0.3 is 16.0 Å². The van der Waals surface area contributed by atoms with E-state index in [1.54, 1.807) is 0 Å². The second-order valence-corrected chi connectivity index (χ2v) is 5.07. The molecule has 0 spiro atoms. The molecule has 4 heteroatoms. The molecule has 0 aliphatic carbocycles. The monoisotopic (exact) mass is 277 g/mol. The second kappa shape index (κ2) is 8.46. The van der Waals surface area contributed by atoms with Crippen molar-refractivity contribution < 1.29 is 4.79 Å². The van der Waals surface area contributed by atoms with Gasteiger partial charge in [0.05, 0.1) is 11.4 Å². The number of carbonyl (C=O) groups excluding carboxylic acids is 1. The predicted molar refractivity (Wildman–Crippen MR) is 85.9 cm³/mol. The van der Waals surface area contributed by atoms with Gasteiger partial charge in [-0.2, -0.15) is 0 Å². The Kier molecular flexibility index (Phi) is 6.91. The lowest BCUT2D eigenvalue weighted by Crippen LogP contribution is -2.46. The number of amides is 1. The first kappa shape index (κ1) is 16.3. The van der Waals surface area contributed by atoms with Crippen molar-refractivity contribution in [2.75, 3.05) is 23.7 Å². The van der Waals surface area contributed by atoms with Crippen LogP contribution in [0.1, 0.15) is 40.0 Å². The van der Waals surface area contributed by atoms with E-state index in [4.69, 9.17) is 5.73 Å². The van der Waals surface area contributed by atoms with E-state index in [0.717, 1.165) is 38.0 Å². The molecule has 0 bridgehead atoms. The molecule has 1 aromatic carbocycles. The van der Waals surface area contributed by atoms with Gasteiger partial charge in [-0.05, 0) is 31.9 Å². The van der Waals surface area contributed by atoms with E-state index in [1.165, 1.54) is 0 Å². The average molecular weight is 277 g/mol. The first-order valence-corrected chi connectivity index (χ1v) is 7.50. The lowest BCUT2D eigenvalue weighted by Gasteiger charge is -2.31. The van der Waals surface area contributed by atoms with Crippen LogP contribution in [0.2, 0.25) is 0 Å². The van der Waals surface area contributed by atoms with Crippen molar-refractivity contribution in [3.05, 3.63) is 24.3 Å². The van der Waals surface area contributed by atoms with Crippen molar-refractivity contribution in [3.63, 3.8) is 0 Å². The molecule has 0 aliphatic rings. The van der Waals surface area contributed by atoms with Crippen LogP contribution in [0.25, 0.3) is 0 Å². The Hall–Kier alpha value is -1.71. The molecule has 1 atom stereocenters. The van der Waals surface area contributed by atoms with Crippen LogP contribution in [0, 0.1) is 0 Å². The fraction of sp³-hybridized carbons (Fsp3) is 0.562. The highest BCUT2D eigenvalue weighted by molar-refractivity contribution is 5.86. The molecule has 0 aromatic heterocycles. The number of nitrogens with zero attached hydrogens (tertiary/aromatic N) is 1. The number of rotatable bonds is 8. The van der Waals surface area contributed by atoms with E-state index >= 15 is 0 Å². The highest BCUT2D eigenvalue weighted by atomic mass is 16.2. The van der Waals surface area contributed by atoms with Crippen LogP contribution >= 0.6 is 0 Å². The summed E-state index contributed by atoms with van der Waals surface area (Å²) in [5.74, 6) is 0.0650. The lowest BCUT2D eigenvalue weighted by atomic mass is 10.1. The smallest absolute Gasteiger partial charge is 0.242 e. The third-order valence-corrected chi connectivity index (χ3v) is 3.39. The van der Waals surface area contributed by atoms with Crippen molar-refractivity contribution in [2.24, 2.45) is 0 Å². The van der Waals surface area contributed by atoms with E-state index in [0.29, 0.717) is 5.69 Å². The number of nitrogen functional groups attached to an aromatic ring is 1. The first-order valence-electron chi connectivity index (χ1n) is 7.50. The maximum absolute atomic E-state index is 12.2. The van der Waals surface area contributed by atoms with Gasteiger partial charge in [-0.3, -0.25) is 4.79 Å². The molecule has 0 aliphatic heterocycles. The number of anilines is 2. The van der Waals surface area contributed by atoms with Crippen molar-refractivity contribution in [1.82, 2.24) is 5.32 Å². The standard InChI is InChI=1S/C16H27N3O/c1-4-6-11-18-16(20)13(3)19(12-5-2)15-10-8-7-9-14(15)17/h7-10,13H,4-6,11-12,17H2,1-3H3,(H,18,20).